The molecule has 1 atom stereocenters. The van der Waals surface area contributed by atoms with Gasteiger partial charge in [0.2, 0.25) is 5.91 Å². The number of likely N-dealkylation sites (tertiary alicyclic amines) is 1. The number of halogens is 3. The van der Waals surface area contributed by atoms with Crippen molar-refractivity contribution in [2.24, 2.45) is 5.92 Å². The molecule has 0 spiro atoms. The summed E-state index contributed by atoms with van der Waals surface area (Å²) in [5.74, 6) is 0.577. The van der Waals surface area contributed by atoms with E-state index in [1.807, 2.05) is 0 Å². The molecule has 6 heteroatoms. The fourth-order valence-electron chi connectivity index (χ4n) is 1.82. The number of hydrogen-bond donors (Lipinski definition) is 1. The largest absolute Gasteiger partial charge is 0.393 e. The molecule has 0 aromatic carbocycles. The lowest BCUT2D eigenvalue weighted by molar-refractivity contribution is -0.187. The molecule has 1 amide bonds. The fraction of sp³-hybridized carbons (Fsp3) is 0.727. The molecule has 1 N–H and O–H groups in total. The van der Waals surface area contributed by atoms with Crippen molar-refractivity contribution in [1.82, 2.24) is 10.2 Å². The van der Waals surface area contributed by atoms with Crippen LogP contribution in [0.25, 0.3) is 0 Å². The van der Waals surface area contributed by atoms with Crippen molar-refractivity contribution in [3.8, 4) is 12.3 Å². The summed E-state index contributed by atoms with van der Waals surface area (Å²) in [4.78, 5) is 12.8. The molecule has 0 aliphatic carbocycles. The minimum absolute atomic E-state index is 0.00518. The third-order valence-electron chi connectivity index (χ3n) is 2.74. The van der Waals surface area contributed by atoms with Crippen LogP contribution in [0.1, 0.15) is 12.8 Å². The van der Waals surface area contributed by atoms with Gasteiger partial charge in [0.25, 0.3) is 0 Å². The van der Waals surface area contributed by atoms with Crippen LogP contribution in [0.5, 0.6) is 0 Å². The summed E-state index contributed by atoms with van der Waals surface area (Å²) in [5.41, 5.74) is 0. The highest BCUT2D eigenvalue weighted by Gasteiger charge is 2.42. The van der Waals surface area contributed by atoms with Gasteiger partial charge in [-0.3, -0.25) is 10.1 Å². The van der Waals surface area contributed by atoms with E-state index >= 15 is 0 Å². The molecule has 0 radical (unpaired) electrons. The van der Waals surface area contributed by atoms with Crippen molar-refractivity contribution < 1.29 is 18.0 Å². The second kappa shape index (κ2) is 5.92. The highest BCUT2D eigenvalue weighted by Crippen LogP contribution is 2.32. The fourth-order valence-corrected chi connectivity index (χ4v) is 1.82. The van der Waals surface area contributed by atoms with Gasteiger partial charge in [0.15, 0.2) is 0 Å². The summed E-state index contributed by atoms with van der Waals surface area (Å²) in [6.45, 7) is 0.389. The van der Waals surface area contributed by atoms with Gasteiger partial charge in [-0.25, -0.2) is 0 Å². The Labute approximate surface area is 98.3 Å². The van der Waals surface area contributed by atoms with E-state index in [1.54, 1.807) is 0 Å². The average Bonchev–Trinajstić information content (AvgIpc) is 2.28. The van der Waals surface area contributed by atoms with Crippen molar-refractivity contribution in [3.63, 3.8) is 0 Å². The third kappa shape index (κ3) is 4.27. The molecule has 1 unspecified atom stereocenters. The van der Waals surface area contributed by atoms with E-state index in [0.717, 1.165) is 0 Å². The molecule has 0 aromatic heterocycles. The Hall–Kier alpha value is -1.22. The summed E-state index contributed by atoms with van der Waals surface area (Å²) in [5, 5.41) is 2.68. The molecular formula is C11H15F3N2O. The second-order valence-corrected chi connectivity index (χ2v) is 4.03. The number of amides is 1. The van der Waals surface area contributed by atoms with E-state index in [1.165, 1.54) is 4.90 Å². The zero-order chi connectivity index (χ0) is 12.9. The predicted molar refractivity (Wildman–Crippen MR) is 57.1 cm³/mol. The number of nitrogens with one attached hydrogen (secondary N) is 1. The van der Waals surface area contributed by atoms with Gasteiger partial charge in [0.1, 0.15) is 0 Å². The Balaban J connectivity index is 2.44. The number of nitrogens with zero attached hydrogens (tertiary/aromatic N) is 1. The number of piperidine rings is 1. The Kier molecular flexibility index (Phi) is 4.82. The number of carbonyl (C=O) groups excluding carboxylic acids is 1. The first kappa shape index (κ1) is 13.8. The number of carbonyl (C=O) groups is 1. The van der Waals surface area contributed by atoms with Crippen LogP contribution in [-0.2, 0) is 4.79 Å². The molecule has 96 valence electrons. The van der Waals surface area contributed by atoms with Crippen LogP contribution in [0.3, 0.4) is 0 Å². The summed E-state index contributed by atoms with van der Waals surface area (Å²) in [6.07, 6.45) is 1.27. The van der Waals surface area contributed by atoms with Crippen molar-refractivity contribution in [2.45, 2.75) is 19.0 Å². The standard InChI is InChI=1S/C11H15F3N2O/c1-2-5-15-7-10(17)16-6-3-4-9(8-16)11(12,13)14/h1,9,15H,3-8H2. The average molecular weight is 248 g/mol. The highest BCUT2D eigenvalue weighted by molar-refractivity contribution is 5.78. The maximum Gasteiger partial charge on any atom is 0.393 e. The van der Waals surface area contributed by atoms with Crippen LogP contribution in [0.15, 0.2) is 0 Å². The molecule has 1 saturated heterocycles. The number of terminal acetylenes is 1. The molecule has 1 aliphatic rings. The molecule has 1 rings (SSSR count). The monoisotopic (exact) mass is 248 g/mol. The van der Waals surface area contributed by atoms with Crippen molar-refractivity contribution in [1.29, 1.82) is 0 Å². The molecule has 1 aliphatic heterocycles. The number of hydrogen-bond acceptors (Lipinski definition) is 2. The van der Waals surface area contributed by atoms with E-state index in [-0.39, 0.29) is 32.0 Å². The van der Waals surface area contributed by atoms with Gasteiger partial charge in [0.05, 0.1) is 19.0 Å². The Morgan fingerprint density at radius 1 is 1.53 bits per heavy atom. The molecule has 0 saturated carbocycles. The van der Waals surface area contributed by atoms with Gasteiger partial charge in [-0.05, 0) is 12.8 Å². The first-order chi connectivity index (χ1) is 7.95. The first-order valence-corrected chi connectivity index (χ1v) is 5.44. The summed E-state index contributed by atoms with van der Waals surface area (Å²) in [7, 11) is 0. The lowest BCUT2D eigenvalue weighted by Crippen LogP contribution is -2.47. The van der Waals surface area contributed by atoms with Crippen LogP contribution >= 0.6 is 0 Å². The quantitative estimate of drug-likeness (QED) is 0.597. The van der Waals surface area contributed by atoms with Gasteiger partial charge in [-0.15, -0.1) is 6.42 Å². The summed E-state index contributed by atoms with van der Waals surface area (Å²) in [6, 6.07) is 0. The van der Waals surface area contributed by atoms with Crippen molar-refractivity contribution in [2.75, 3.05) is 26.2 Å². The SMILES string of the molecule is C#CCNCC(=O)N1CCCC(C(F)(F)F)C1. The zero-order valence-corrected chi connectivity index (χ0v) is 9.39. The van der Waals surface area contributed by atoms with Crippen LogP contribution in [0, 0.1) is 18.3 Å². The lowest BCUT2D eigenvalue weighted by Gasteiger charge is -2.33. The molecule has 1 fully saturated rings. The number of rotatable bonds is 3. The molecule has 0 bridgehead atoms. The first-order valence-electron chi connectivity index (χ1n) is 5.44. The van der Waals surface area contributed by atoms with Crippen LogP contribution in [0.2, 0.25) is 0 Å². The van der Waals surface area contributed by atoms with Gasteiger partial charge in [-0.1, -0.05) is 5.92 Å². The van der Waals surface area contributed by atoms with Gasteiger partial charge < -0.3 is 4.90 Å². The molecule has 3 nitrogen and oxygen atoms in total. The van der Waals surface area contributed by atoms with E-state index < -0.39 is 12.1 Å². The lowest BCUT2D eigenvalue weighted by atomic mass is 9.97. The molecule has 17 heavy (non-hydrogen) atoms. The summed E-state index contributed by atoms with van der Waals surface area (Å²) >= 11 is 0. The normalized spacial score (nSPS) is 21.1. The number of alkyl halides is 3. The summed E-state index contributed by atoms with van der Waals surface area (Å²) < 4.78 is 37.5. The van der Waals surface area contributed by atoms with Gasteiger partial charge in [-0.2, -0.15) is 13.2 Å². The smallest absolute Gasteiger partial charge is 0.341 e. The minimum atomic E-state index is -4.22. The molecule has 1 heterocycles. The maximum atomic E-state index is 12.5. The van der Waals surface area contributed by atoms with E-state index in [2.05, 4.69) is 11.2 Å². The zero-order valence-electron chi connectivity index (χ0n) is 9.39. The maximum absolute atomic E-state index is 12.5. The highest BCUT2D eigenvalue weighted by atomic mass is 19.4. The van der Waals surface area contributed by atoms with E-state index in [0.29, 0.717) is 13.0 Å². The minimum Gasteiger partial charge on any atom is -0.341 e. The second-order valence-electron chi connectivity index (χ2n) is 4.03. The topological polar surface area (TPSA) is 32.3 Å². The van der Waals surface area contributed by atoms with Gasteiger partial charge in [0, 0.05) is 13.1 Å². The predicted octanol–water partition coefficient (Wildman–Crippen LogP) is 1.01. The van der Waals surface area contributed by atoms with E-state index in [9.17, 15) is 18.0 Å². The molecule has 0 aromatic rings. The van der Waals surface area contributed by atoms with E-state index in [4.69, 9.17) is 6.42 Å². The van der Waals surface area contributed by atoms with Crippen LogP contribution in [-0.4, -0.2) is 43.2 Å². The Morgan fingerprint density at radius 3 is 2.82 bits per heavy atom. The van der Waals surface area contributed by atoms with Crippen molar-refractivity contribution >= 4 is 5.91 Å². The third-order valence-corrected chi connectivity index (χ3v) is 2.74. The van der Waals surface area contributed by atoms with Crippen LogP contribution in [0.4, 0.5) is 13.2 Å². The van der Waals surface area contributed by atoms with Gasteiger partial charge >= 0.3 is 6.18 Å². The Bertz CT molecular complexity index is 309. The molecular weight excluding hydrogens is 233 g/mol. The Morgan fingerprint density at radius 2 is 2.24 bits per heavy atom. The van der Waals surface area contributed by atoms with Crippen molar-refractivity contribution in [3.05, 3.63) is 0 Å². The van der Waals surface area contributed by atoms with Crippen LogP contribution < -0.4 is 5.32 Å².